The van der Waals surface area contributed by atoms with Crippen LogP contribution in [0, 0.1) is 0 Å². The molecule has 8 aromatic rings. The van der Waals surface area contributed by atoms with Gasteiger partial charge in [0.2, 0.25) is 0 Å². The van der Waals surface area contributed by atoms with Crippen LogP contribution in [0.25, 0.3) is 50.3 Å². The minimum Gasteiger partial charge on any atom is -0.485 e. The average Bonchev–Trinajstić information content (AvgIpc) is 3.75. The highest BCUT2D eigenvalue weighted by Gasteiger charge is 2.37. The molecule has 0 saturated heterocycles. The molecule has 1 aliphatic carbocycles. The lowest BCUT2D eigenvalue weighted by molar-refractivity contribution is 0.267. The first-order valence-corrected chi connectivity index (χ1v) is 16.8. The zero-order valence-corrected chi connectivity index (χ0v) is 26.7. The molecule has 2 unspecified atom stereocenters. The van der Waals surface area contributed by atoms with Gasteiger partial charge in [0.05, 0.1) is 17.0 Å². The molecule has 2 atom stereocenters. The fourth-order valence-electron chi connectivity index (χ4n) is 7.73. The van der Waals surface area contributed by atoms with Crippen molar-refractivity contribution in [2.45, 2.75) is 12.0 Å². The minimum absolute atomic E-state index is 0.0458. The van der Waals surface area contributed by atoms with E-state index in [9.17, 15) is 0 Å². The first-order chi connectivity index (χ1) is 24.3. The van der Waals surface area contributed by atoms with Crippen LogP contribution in [-0.2, 0) is 0 Å². The molecule has 232 valence electrons. The first-order valence-electron chi connectivity index (χ1n) is 16.8. The van der Waals surface area contributed by atoms with Gasteiger partial charge >= 0.3 is 0 Å². The van der Waals surface area contributed by atoms with Crippen LogP contribution in [0.4, 0.5) is 17.1 Å². The summed E-state index contributed by atoms with van der Waals surface area (Å²) in [6.07, 6.45) is 4.45. The summed E-state index contributed by atoms with van der Waals surface area (Å²) < 4.78 is 12.6. The van der Waals surface area contributed by atoms with E-state index in [0.29, 0.717) is 0 Å². The largest absolute Gasteiger partial charge is 0.485 e. The van der Waals surface area contributed by atoms with Crippen LogP contribution in [0.1, 0.15) is 22.6 Å². The molecular weight excluding hydrogens is 599 g/mol. The van der Waals surface area contributed by atoms with E-state index in [-0.39, 0.29) is 12.0 Å². The van der Waals surface area contributed by atoms with Crippen molar-refractivity contribution in [1.29, 1.82) is 0 Å². The maximum atomic E-state index is 6.30. The maximum absolute atomic E-state index is 6.30. The number of furan rings is 1. The standard InChI is InChI=1S/C46H31NO2/c1-2-11-35(12-3-1)47(40-16-9-19-43-46(40)38-15-5-7-18-42(38)48-43)36-13-8-10-33(28-36)30-20-22-31(23-21-30)34-25-24-32-26-27-44-45(39(32)29-34)37-14-4-6-17-41(37)49-44/h1-29,44-45H. The van der Waals surface area contributed by atoms with Crippen molar-refractivity contribution in [2.24, 2.45) is 0 Å². The lowest BCUT2D eigenvalue weighted by atomic mass is 9.80. The van der Waals surface area contributed by atoms with E-state index < -0.39 is 0 Å². The van der Waals surface area contributed by atoms with E-state index in [1.54, 1.807) is 0 Å². The van der Waals surface area contributed by atoms with Gasteiger partial charge in [-0.15, -0.1) is 0 Å². The Labute approximate surface area is 285 Å². The maximum Gasteiger partial charge on any atom is 0.137 e. The van der Waals surface area contributed by atoms with E-state index in [0.717, 1.165) is 50.3 Å². The number of ether oxygens (including phenoxy) is 1. The Morgan fingerprint density at radius 2 is 1.18 bits per heavy atom. The summed E-state index contributed by atoms with van der Waals surface area (Å²) >= 11 is 0. The molecule has 10 rings (SSSR count). The average molecular weight is 630 g/mol. The van der Waals surface area contributed by atoms with Crippen molar-refractivity contribution in [3.05, 3.63) is 187 Å². The van der Waals surface area contributed by atoms with Crippen LogP contribution in [0.15, 0.2) is 174 Å². The van der Waals surface area contributed by atoms with E-state index >= 15 is 0 Å². The van der Waals surface area contributed by atoms with Gasteiger partial charge in [0, 0.05) is 22.3 Å². The molecule has 49 heavy (non-hydrogen) atoms. The molecule has 0 N–H and O–H groups in total. The molecule has 0 bridgehead atoms. The molecule has 1 aliphatic heterocycles. The van der Waals surface area contributed by atoms with Gasteiger partial charge in [0.15, 0.2) is 0 Å². The van der Waals surface area contributed by atoms with Gasteiger partial charge in [0.25, 0.3) is 0 Å². The van der Waals surface area contributed by atoms with E-state index in [2.05, 4.69) is 169 Å². The second-order valence-electron chi connectivity index (χ2n) is 12.8. The Morgan fingerprint density at radius 3 is 2.06 bits per heavy atom. The van der Waals surface area contributed by atoms with Crippen LogP contribution < -0.4 is 9.64 Å². The molecule has 2 heterocycles. The van der Waals surface area contributed by atoms with Gasteiger partial charge in [0.1, 0.15) is 23.0 Å². The number of para-hydroxylation sites is 3. The van der Waals surface area contributed by atoms with Gasteiger partial charge in [-0.05, 0) is 94.1 Å². The van der Waals surface area contributed by atoms with Crippen molar-refractivity contribution in [2.75, 3.05) is 4.90 Å². The first kappa shape index (κ1) is 27.8. The molecule has 0 fully saturated rings. The zero-order valence-electron chi connectivity index (χ0n) is 26.7. The summed E-state index contributed by atoms with van der Waals surface area (Å²) in [5, 5.41) is 2.22. The Morgan fingerprint density at radius 1 is 0.490 bits per heavy atom. The lowest BCUT2D eigenvalue weighted by Gasteiger charge is -2.26. The van der Waals surface area contributed by atoms with Crippen LogP contribution >= 0.6 is 0 Å². The highest BCUT2D eigenvalue weighted by molar-refractivity contribution is 6.13. The summed E-state index contributed by atoms with van der Waals surface area (Å²) in [5.74, 6) is 1.21. The molecule has 2 aliphatic rings. The van der Waals surface area contributed by atoms with Crippen LogP contribution in [-0.4, -0.2) is 6.10 Å². The molecule has 7 aromatic carbocycles. The highest BCUT2D eigenvalue weighted by atomic mass is 16.5. The van der Waals surface area contributed by atoms with Gasteiger partial charge in [-0.3, -0.25) is 0 Å². The highest BCUT2D eigenvalue weighted by Crippen LogP contribution is 2.47. The number of hydrogen-bond donors (Lipinski definition) is 0. The number of anilines is 3. The number of rotatable bonds is 5. The molecule has 0 spiro atoms. The van der Waals surface area contributed by atoms with Crippen molar-refractivity contribution in [3.8, 4) is 28.0 Å². The number of nitrogens with zero attached hydrogens (tertiary/aromatic N) is 1. The fourth-order valence-corrected chi connectivity index (χ4v) is 7.73. The number of hydrogen-bond acceptors (Lipinski definition) is 3. The Hall–Kier alpha value is -6.32. The normalized spacial score (nSPS) is 15.8. The van der Waals surface area contributed by atoms with Gasteiger partial charge in [-0.2, -0.15) is 0 Å². The van der Waals surface area contributed by atoms with Crippen LogP contribution in [0.3, 0.4) is 0 Å². The fraction of sp³-hybridized carbons (Fsp3) is 0.0435. The predicted molar refractivity (Wildman–Crippen MR) is 201 cm³/mol. The van der Waals surface area contributed by atoms with Crippen LogP contribution in [0.2, 0.25) is 0 Å². The van der Waals surface area contributed by atoms with Crippen molar-refractivity contribution in [1.82, 2.24) is 0 Å². The third-order valence-corrected chi connectivity index (χ3v) is 10.0. The van der Waals surface area contributed by atoms with E-state index in [1.165, 1.54) is 33.4 Å². The Bertz CT molecular complexity index is 2540. The lowest BCUT2D eigenvalue weighted by Crippen LogP contribution is -2.20. The SMILES string of the molecule is C1=CC2Oc3ccccc3C2c2cc(-c3ccc(-c4cccc(N(c5ccccc5)c5cccc6oc7ccccc7c56)c4)cc3)ccc21. The third-order valence-electron chi connectivity index (χ3n) is 10.0. The van der Waals surface area contributed by atoms with Crippen LogP contribution in [0.5, 0.6) is 5.75 Å². The topological polar surface area (TPSA) is 25.6 Å². The smallest absolute Gasteiger partial charge is 0.137 e. The van der Waals surface area contributed by atoms with E-state index in [4.69, 9.17) is 9.15 Å². The second kappa shape index (κ2) is 11.1. The summed E-state index contributed by atoms with van der Waals surface area (Å²) in [6.45, 7) is 0. The molecular formula is C46H31NO2. The third kappa shape index (κ3) is 4.58. The molecule has 1 aromatic heterocycles. The molecule has 0 amide bonds. The molecule has 0 radical (unpaired) electrons. The van der Waals surface area contributed by atoms with Crippen molar-refractivity contribution in [3.63, 3.8) is 0 Å². The van der Waals surface area contributed by atoms with Crippen molar-refractivity contribution < 1.29 is 9.15 Å². The summed E-state index contributed by atoms with van der Waals surface area (Å²) in [7, 11) is 0. The van der Waals surface area contributed by atoms with Gasteiger partial charge < -0.3 is 14.1 Å². The summed E-state index contributed by atoms with van der Waals surface area (Å²) in [6, 6.07) is 58.2. The quantitative estimate of drug-likeness (QED) is 0.189. The number of fused-ring (bicyclic) bond motifs is 8. The molecule has 3 heteroatoms. The second-order valence-corrected chi connectivity index (χ2v) is 12.8. The molecule has 0 saturated carbocycles. The Balaban J connectivity index is 1.02. The molecule has 3 nitrogen and oxygen atoms in total. The summed E-state index contributed by atoms with van der Waals surface area (Å²) in [5.41, 5.74) is 13.6. The van der Waals surface area contributed by atoms with Gasteiger partial charge in [-0.25, -0.2) is 0 Å². The Kier molecular flexibility index (Phi) is 6.31. The minimum atomic E-state index is 0.0458. The van der Waals surface area contributed by atoms with Crippen molar-refractivity contribution >= 4 is 45.1 Å². The predicted octanol–water partition coefficient (Wildman–Crippen LogP) is 12.3. The summed E-state index contributed by atoms with van der Waals surface area (Å²) in [4.78, 5) is 2.34. The van der Waals surface area contributed by atoms with Gasteiger partial charge in [-0.1, -0.05) is 115 Å². The zero-order chi connectivity index (χ0) is 32.3. The van der Waals surface area contributed by atoms with E-state index in [1.807, 2.05) is 12.1 Å². The monoisotopic (exact) mass is 629 g/mol. The number of benzene rings is 7.